The summed E-state index contributed by atoms with van der Waals surface area (Å²) in [6.45, 7) is 1.88. The fourth-order valence-corrected chi connectivity index (χ4v) is 3.87. The van der Waals surface area contributed by atoms with E-state index in [0.29, 0.717) is 5.56 Å². The third-order valence-corrected chi connectivity index (χ3v) is 5.92. The lowest BCUT2D eigenvalue weighted by molar-refractivity contribution is -0.189. The van der Waals surface area contributed by atoms with Gasteiger partial charge in [0.1, 0.15) is 17.6 Å². The molecule has 2 aromatic carbocycles. The molecule has 1 aromatic heterocycles. The van der Waals surface area contributed by atoms with E-state index in [1.807, 2.05) is 0 Å². The first kappa shape index (κ1) is 29.3. The number of nitriles is 1. The summed E-state index contributed by atoms with van der Waals surface area (Å²) in [5.74, 6) is -1.61. The van der Waals surface area contributed by atoms with Crippen molar-refractivity contribution in [1.82, 2.24) is 14.9 Å². The van der Waals surface area contributed by atoms with Crippen LogP contribution in [-0.2, 0) is 13.5 Å². The molecule has 0 radical (unpaired) electrons. The van der Waals surface area contributed by atoms with Crippen LogP contribution < -0.4 is 10.1 Å². The first-order valence-electron chi connectivity index (χ1n) is 11.9. The van der Waals surface area contributed by atoms with Crippen molar-refractivity contribution < 1.29 is 37.0 Å². The Kier molecular flexibility index (Phi) is 9.08. The number of imidazole rings is 1. The van der Waals surface area contributed by atoms with Crippen molar-refractivity contribution in [1.29, 1.82) is 5.26 Å². The molecule has 2 unspecified atom stereocenters. The second-order valence-electron chi connectivity index (χ2n) is 8.94. The van der Waals surface area contributed by atoms with E-state index < -0.39 is 30.0 Å². The van der Waals surface area contributed by atoms with Crippen LogP contribution in [0.4, 0.5) is 17.6 Å². The molecule has 0 aliphatic carbocycles. The number of hydrogen-bond acceptors (Lipinski definition) is 6. The number of ketones is 1. The van der Waals surface area contributed by atoms with Crippen molar-refractivity contribution in [2.24, 2.45) is 7.05 Å². The Hall–Kier alpha value is -4.24. The van der Waals surface area contributed by atoms with E-state index in [9.17, 15) is 37.5 Å². The lowest BCUT2D eigenvalue weighted by atomic mass is 10.0. The Bertz CT molecular complexity index is 1410. The molecule has 2 N–H and O–H groups in total. The molecule has 8 nitrogen and oxygen atoms in total. The van der Waals surface area contributed by atoms with Gasteiger partial charge < -0.3 is 19.7 Å². The van der Waals surface area contributed by atoms with E-state index in [2.05, 4.69) is 10.3 Å². The minimum atomic E-state index is -4.63. The summed E-state index contributed by atoms with van der Waals surface area (Å²) < 4.78 is 59.7. The SMILES string of the molecule is CC(=O)c1nc(-c2ccc(CC(CCO)NC(=O)c3ccc(OC(C)C(F)(F)F)c(C#N)c3)cc2F)cn1C. The minimum absolute atomic E-state index is 0.000502. The topological polar surface area (TPSA) is 117 Å². The maximum atomic E-state index is 14.9. The summed E-state index contributed by atoms with van der Waals surface area (Å²) in [5, 5.41) is 21.5. The molecule has 0 bridgehead atoms. The van der Waals surface area contributed by atoms with E-state index in [1.165, 1.54) is 29.7 Å². The Morgan fingerprint density at radius 1 is 1.23 bits per heavy atom. The second kappa shape index (κ2) is 12.1. The van der Waals surface area contributed by atoms with Crippen LogP contribution in [0.5, 0.6) is 5.75 Å². The van der Waals surface area contributed by atoms with Gasteiger partial charge in [0.05, 0.1) is 11.3 Å². The Morgan fingerprint density at radius 2 is 1.95 bits per heavy atom. The standard InChI is InChI=1S/C27H26F4N4O4/c1-15(37)25-34-23(14-35(25)3)21-6-4-17(11-22(21)28)10-20(8-9-36)33-26(38)18-5-7-24(19(12-18)13-32)39-16(2)27(29,30)31/h4-7,11-12,14,16,20,36H,8-10H2,1-3H3,(H,33,38). The largest absolute Gasteiger partial charge is 0.480 e. The summed E-state index contributed by atoms with van der Waals surface area (Å²) in [6, 6.07) is 8.96. The zero-order valence-corrected chi connectivity index (χ0v) is 21.3. The predicted octanol–water partition coefficient (Wildman–Crippen LogP) is 4.35. The molecule has 3 rings (SSSR count). The number of aliphatic hydroxyl groups excluding tert-OH is 1. The van der Waals surface area contributed by atoms with Crippen LogP contribution in [0.25, 0.3) is 11.3 Å². The number of Topliss-reactive ketones (excluding diaryl/α,β-unsaturated/α-hetero) is 1. The van der Waals surface area contributed by atoms with Gasteiger partial charge in [0.15, 0.2) is 17.7 Å². The first-order chi connectivity index (χ1) is 18.3. The van der Waals surface area contributed by atoms with Gasteiger partial charge in [-0.1, -0.05) is 6.07 Å². The van der Waals surface area contributed by atoms with Crippen LogP contribution in [-0.4, -0.2) is 51.3 Å². The number of carbonyl (C=O) groups excluding carboxylic acids is 2. The number of aromatic nitrogens is 2. The first-order valence-corrected chi connectivity index (χ1v) is 11.9. The molecule has 39 heavy (non-hydrogen) atoms. The Morgan fingerprint density at radius 3 is 2.51 bits per heavy atom. The molecule has 3 aromatic rings. The number of amides is 1. The van der Waals surface area contributed by atoms with Crippen molar-refractivity contribution in [2.75, 3.05) is 6.61 Å². The fraction of sp³-hybridized carbons (Fsp3) is 0.333. The highest BCUT2D eigenvalue weighted by Gasteiger charge is 2.38. The van der Waals surface area contributed by atoms with Gasteiger partial charge in [-0.05, 0) is 55.7 Å². The highest BCUT2D eigenvalue weighted by molar-refractivity contribution is 5.95. The van der Waals surface area contributed by atoms with Crippen LogP contribution in [0.2, 0.25) is 0 Å². The summed E-state index contributed by atoms with van der Waals surface area (Å²) in [5.41, 5.74) is 0.741. The summed E-state index contributed by atoms with van der Waals surface area (Å²) in [7, 11) is 1.63. The predicted molar refractivity (Wildman–Crippen MR) is 133 cm³/mol. The number of aryl methyl sites for hydroxylation is 1. The monoisotopic (exact) mass is 546 g/mol. The molecule has 1 heterocycles. The number of hydrogen-bond donors (Lipinski definition) is 2. The highest BCUT2D eigenvalue weighted by atomic mass is 19.4. The molecule has 2 atom stereocenters. The van der Waals surface area contributed by atoms with Crippen LogP contribution in [0.3, 0.4) is 0 Å². The quantitative estimate of drug-likeness (QED) is 0.288. The highest BCUT2D eigenvalue weighted by Crippen LogP contribution is 2.28. The second-order valence-corrected chi connectivity index (χ2v) is 8.94. The van der Waals surface area contributed by atoms with E-state index in [4.69, 9.17) is 4.74 Å². The third-order valence-electron chi connectivity index (χ3n) is 5.92. The molecular formula is C27H26F4N4O4. The summed E-state index contributed by atoms with van der Waals surface area (Å²) in [4.78, 5) is 28.7. The molecule has 0 saturated heterocycles. The fourth-order valence-electron chi connectivity index (χ4n) is 3.87. The number of ether oxygens (including phenoxy) is 1. The van der Waals surface area contributed by atoms with Crippen LogP contribution in [0.1, 0.15) is 52.4 Å². The maximum absolute atomic E-state index is 14.9. The third kappa shape index (κ3) is 7.20. The Labute approximate surface area is 221 Å². The van der Waals surface area contributed by atoms with E-state index in [0.717, 1.165) is 19.1 Å². The van der Waals surface area contributed by atoms with E-state index in [1.54, 1.807) is 25.4 Å². The number of halogens is 4. The number of aliphatic hydroxyl groups is 1. The van der Waals surface area contributed by atoms with Gasteiger partial charge in [0.2, 0.25) is 0 Å². The van der Waals surface area contributed by atoms with Gasteiger partial charge in [-0.25, -0.2) is 9.37 Å². The minimum Gasteiger partial charge on any atom is -0.480 e. The number of nitrogens with zero attached hydrogens (tertiary/aromatic N) is 3. The van der Waals surface area contributed by atoms with E-state index >= 15 is 0 Å². The molecule has 0 fully saturated rings. The molecule has 206 valence electrons. The number of nitrogens with one attached hydrogen (secondary N) is 1. The number of benzene rings is 2. The number of carbonyl (C=O) groups is 2. The number of alkyl halides is 3. The average molecular weight is 547 g/mol. The van der Waals surface area contributed by atoms with Crippen molar-refractivity contribution in [3.05, 3.63) is 70.9 Å². The Balaban J connectivity index is 1.75. The van der Waals surface area contributed by atoms with Crippen molar-refractivity contribution in [2.45, 2.75) is 45.0 Å². The van der Waals surface area contributed by atoms with Gasteiger partial charge in [0.25, 0.3) is 5.91 Å². The van der Waals surface area contributed by atoms with Crippen molar-refractivity contribution in [3.8, 4) is 23.1 Å². The van der Waals surface area contributed by atoms with Gasteiger partial charge in [-0.2, -0.15) is 18.4 Å². The van der Waals surface area contributed by atoms with Crippen LogP contribution >= 0.6 is 0 Å². The average Bonchev–Trinajstić information content (AvgIpc) is 3.25. The molecule has 1 amide bonds. The molecule has 0 aliphatic rings. The molecular weight excluding hydrogens is 520 g/mol. The van der Waals surface area contributed by atoms with Crippen molar-refractivity contribution >= 4 is 11.7 Å². The zero-order valence-electron chi connectivity index (χ0n) is 21.3. The maximum Gasteiger partial charge on any atom is 0.425 e. The van der Waals surface area contributed by atoms with Crippen molar-refractivity contribution in [3.63, 3.8) is 0 Å². The van der Waals surface area contributed by atoms with E-state index in [-0.39, 0.29) is 59.2 Å². The molecule has 12 heteroatoms. The number of rotatable bonds is 10. The molecule has 0 spiro atoms. The lowest BCUT2D eigenvalue weighted by Gasteiger charge is -2.20. The van der Waals surface area contributed by atoms with Crippen LogP contribution in [0.15, 0.2) is 42.6 Å². The molecule has 0 aliphatic heterocycles. The molecule has 0 saturated carbocycles. The smallest absolute Gasteiger partial charge is 0.425 e. The van der Waals surface area contributed by atoms with Crippen LogP contribution in [0, 0.1) is 17.1 Å². The summed E-state index contributed by atoms with van der Waals surface area (Å²) >= 11 is 0. The zero-order chi connectivity index (χ0) is 28.9. The van der Waals surface area contributed by atoms with Gasteiger partial charge in [0, 0.05) is 43.9 Å². The van der Waals surface area contributed by atoms with Gasteiger partial charge in [-0.3, -0.25) is 9.59 Å². The van der Waals surface area contributed by atoms with Gasteiger partial charge in [-0.15, -0.1) is 0 Å². The summed E-state index contributed by atoms with van der Waals surface area (Å²) in [6.07, 6.45) is -4.96. The normalized spacial score (nSPS) is 12.9. The van der Waals surface area contributed by atoms with Gasteiger partial charge >= 0.3 is 6.18 Å². The lowest BCUT2D eigenvalue weighted by Crippen LogP contribution is -2.37.